The Morgan fingerprint density at radius 1 is 1.22 bits per heavy atom. The van der Waals surface area contributed by atoms with E-state index in [9.17, 15) is 9.59 Å². The summed E-state index contributed by atoms with van der Waals surface area (Å²) in [4.78, 5) is 22.5. The molecule has 0 spiro atoms. The van der Waals surface area contributed by atoms with Crippen molar-refractivity contribution in [2.45, 2.75) is 20.0 Å². The van der Waals surface area contributed by atoms with Gasteiger partial charge in [-0.25, -0.2) is 14.5 Å². The molecule has 18 heavy (non-hydrogen) atoms. The van der Waals surface area contributed by atoms with Crippen LogP contribution in [-0.2, 0) is 0 Å². The van der Waals surface area contributed by atoms with E-state index in [0.29, 0.717) is 10.6 Å². The van der Waals surface area contributed by atoms with Crippen molar-refractivity contribution in [3.05, 3.63) is 24.3 Å². The van der Waals surface area contributed by atoms with Gasteiger partial charge in [0.25, 0.3) is 0 Å². The fraction of sp³-hybridized carbons (Fsp3) is 0.333. The molecule has 1 N–H and O–H groups in total. The third-order valence-electron chi connectivity index (χ3n) is 1.97. The molecule has 1 aromatic rings. The minimum Gasteiger partial charge on any atom is -0.487 e. The summed E-state index contributed by atoms with van der Waals surface area (Å²) in [6, 6.07) is 6.57. The van der Waals surface area contributed by atoms with Crippen molar-refractivity contribution in [1.82, 2.24) is 4.90 Å². The minimum absolute atomic E-state index is 0.0814. The number of imide groups is 1. The summed E-state index contributed by atoms with van der Waals surface area (Å²) in [6.07, 6.45) is -2.45. The minimum atomic E-state index is -1.39. The van der Waals surface area contributed by atoms with Gasteiger partial charge in [0.05, 0.1) is 6.10 Å². The molecule has 6 heteroatoms. The molecule has 0 fully saturated rings. The maximum atomic E-state index is 11.5. The zero-order valence-electron chi connectivity index (χ0n) is 10.4. The van der Waals surface area contributed by atoms with E-state index >= 15 is 0 Å². The van der Waals surface area contributed by atoms with Crippen molar-refractivity contribution < 1.29 is 24.2 Å². The van der Waals surface area contributed by atoms with Crippen molar-refractivity contribution in [2.75, 3.05) is 7.05 Å². The predicted molar refractivity (Wildman–Crippen MR) is 64.0 cm³/mol. The second-order valence-corrected chi connectivity index (χ2v) is 3.82. The van der Waals surface area contributed by atoms with Crippen molar-refractivity contribution in [2.24, 2.45) is 0 Å². The van der Waals surface area contributed by atoms with Gasteiger partial charge >= 0.3 is 12.2 Å². The lowest BCUT2D eigenvalue weighted by atomic mass is 10.3. The van der Waals surface area contributed by atoms with Crippen molar-refractivity contribution in [3.63, 3.8) is 0 Å². The Hall–Kier alpha value is -2.24. The highest BCUT2D eigenvalue weighted by atomic mass is 16.6. The summed E-state index contributed by atoms with van der Waals surface area (Å²) in [7, 11) is 1.11. The van der Waals surface area contributed by atoms with Crippen LogP contribution in [0.5, 0.6) is 11.5 Å². The zero-order valence-corrected chi connectivity index (χ0v) is 10.4. The molecule has 0 aromatic heterocycles. The molecular formula is C12H15NO5. The summed E-state index contributed by atoms with van der Waals surface area (Å²) < 4.78 is 10.4. The van der Waals surface area contributed by atoms with Gasteiger partial charge in [0.1, 0.15) is 0 Å². The van der Waals surface area contributed by atoms with Gasteiger partial charge in [0.15, 0.2) is 11.5 Å². The Morgan fingerprint density at radius 3 is 2.28 bits per heavy atom. The number of hydrogen-bond donors (Lipinski definition) is 1. The fourth-order valence-electron chi connectivity index (χ4n) is 1.13. The second-order valence-electron chi connectivity index (χ2n) is 3.82. The number of ether oxygens (including phenoxy) is 2. The average molecular weight is 253 g/mol. The molecule has 1 aromatic carbocycles. The van der Waals surface area contributed by atoms with Gasteiger partial charge < -0.3 is 14.6 Å². The number of carboxylic acid groups (broad SMARTS) is 1. The van der Waals surface area contributed by atoms with Gasteiger partial charge in [-0.15, -0.1) is 0 Å². The first-order valence-electron chi connectivity index (χ1n) is 5.36. The number of rotatable bonds is 3. The molecule has 0 radical (unpaired) electrons. The number of hydrogen-bond acceptors (Lipinski definition) is 4. The number of amides is 2. The molecule has 0 saturated heterocycles. The topological polar surface area (TPSA) is 76.1 Å². The predicted octanol–water partition coefficient (Wildman–Crippen LogP) is 2.58. The first-order valence-corrected chi connectivity index (χ1v) is 5.36. The third-order valence-corrected chi connectivity index (χ3v) is 1.97. The van der Waals surface area contributed by atoms with Crippen LogP contribution in [0, 0.1) is 0 Å². The van der Waals surface area contributed by atoms with E-state index in [4.69, 9.17) is 14.6 Å². The molecular weight excluding hydrogens is 238 g/mol. The summed E-state index contributed by atoms with van der Waals surface area (Å²) in [6.45, 7) is 3.67. The van der Waals surface area contributed by atoms with E-state index in [1.54, 1.807) is 18.2 Å². The zero-order chi connectivity index (χ0) is 13.7. The summed E-state index contributed by atoms with van der Waals surface area (Å²) >= 11 is 0. The van der Waals surface area contributed by atoms with Crippen LogP contribution >= 0.6 is 0 Å². The first-order chi connectivity index (χ1) is 8.41. The van der Waals surface area contributed by atoms with E-state index in [1.165, 1.54) is 6.07 Å². The summed E-state index contributed by atoms with van der Waals surface area (Å²) in [5.41, 5.74) is 0. The van der Waals surface area contributed by atoms with Crippen molar-refractivity contribution in [3.8, 4) is 11.5 Å². The largest absolute Gasteiger partial charge is 0.487 e. The van der Waals surface area contributed by atoms with Crippen molar-refractivity contribution in [1.29, 1.82) is 0 Å². The lowest BCUT2D eigenvalue weighted by Crippen LogP contribution is -2.34. The van der Waals surface area contributed by atoms with E-state index < -0.39 is 12.2 Å². The highest BCUT2D eigenvalue weighted by molar-refractivity contribution is 5.87. The van der Waals surface area contributed by atoms with Gasteiger partial charge in [0.2, 0.25) is 0 Å². The normalized spacial score (nSPS) is 10.0. The van der Waals surface area contributed by atoms with Crippen LogP contribution in [0.1, 0.15) is 13.8 Å². The van der Waals surface area contributed by atoms with Crippen molar-refractivity contribution >= 4 is 12.2 Å². The Bertz CT molecular complexity index is 444. The molecule has 2 amide bonds. The van der Waals surface area contributed by atoms with E-state index in [-0.39, 0.29) is 11.9 Å². The van der Waals surface area contributed by atoms with Crippen LogP contribution in [0.3, 0.4) is 0 Å². The van der Waals surface area contributed by atoms with Crippen LogP contribution in [0.4, 0.5) is 9.59 Å². The van der Waals surface area contributed by atoms with Crippen LogP contribution in [-0.4, -0.2) is 35.3 Å². The Balaban J connectivity index is 2.84. The molecule has 0 heterocycles. The van der Waals surface area contributed by atoms with Gasteiger partial charge in [-0.3, -0.25) is 0 Å². The molecule has 0 aliphatic rings. The Kier molecular flexibility index (Phi) is 4.53. The van der Waals surface area contributed by atoms with Crippen LogP contribution < -0.4 is 9.47 Å². The molecule has 0 bridgehead atoms. The number of para-hydroxylation sites is 2. The molecule has 1 rings (SSSR count). The van der Waals surface area contributed by atoms with Gasteiger partial charge in [-0.05, 0) is 26.0 Å². The standard InChI is InChI=1S/C12H15NO5/c1-8(2)17-9-6-4-5-7-10(9)18-12(16)13(3)11(14)15/h4-8H,1-3H3,(H,14,15). The molecule has 0 aliphatic heterocycles. The highest BCUT2D eigenvalue weighted by Crippen LogP contribution is 2.27. The lowest BCUT2D eigenvalue weighted by molar-refractivity contribution is 0.134. The molecule has 0 aliphatic carbocycles. The molecule has 6 nitrogen and oxygen atoms in total. The summed E-state index contributed by atoms with van der Waals surface area (Å²) in [5.74, 6) is 0.573. The number of carbonyl (C=O) groups excluding carboxylic acids is 1. The number of carbonyl (C=O) groups is 2. The monoisotopic (exact) mass is 253 g/mol. The highest BCUT2D eigenvalue weighted by Gasteiger charge is 2.19. The maximum absolute atomic E-state index is 11.5. The Labute approximate surface area is 105 Å². The SMILES string of the molecule is CC(C)Oc1ccccc1OC(=O)N(C)C(=O)O. The molecule has 0 atom stereocenters. The maximum Gasteiger partial charge on any atom is 0.424 e. The van der Waals surface area contributed by atoms with E-state index in [1.807, 2.05) is 13.8 Å². The fourth-order valence-corrected chi connectivity index (χ4v) is 1.13. The lowest BCUT2D eigenvalue weighted by Gasteiger charge is -2.15. The number of nitrogens with zero attached hydrogens (tertiary/aromatic N) is 1. The Morgan fingerprint density at radius 2 is 1.78 bits per heavy atom. The molecule has 0 unspecified atom stereocenters. The second kappa shape index (κ2) is 5.90. The average Bonchev–Trinajstić information content (AvgIpc) is 2.29. The molecule has 0 saturated carbocycles. The summed E-state index contributed by atoms with van der Waals surface area (Å²) in [5, 5.41) is 8.64. The number of benzene rings is 1. The first kappa shape index (κ1) is 13.8. The quantitative estimate of drug-likeness (QED) is 0.895. The van der Waals surface area contributed by atoms with Crippen LogP contribution in [0.15, 0.2) is 24.3 Å². The van der Waals surface area contributed by atoms with E-state index in [2.05, 4.69) is 0 Å². The van der Waals surface area contributed by atoms with Crippen LogP contribution in [0.2, 0.25) is 0 Å². The third kappa shape index (κ3) is 3.65. The van der Waals surface area contributed by atoms with Gasteiger partial charge in [-0.1, -0.05) is 12.1 Å². The van der Waals surface area contributed by atoms with E-state index in [0.717, 1.165) is 7.05 Å². The van der Waals surface area contributed by atoms with Gasteiger partial charge in [0, 0.05) is 7.05 Å². The van der Waals surface area contributed by atoms with Crippen LogP contribution in [0.25, 0.3) is 0 Å². The molecule has 98 valence electrons. The van der Waals surface area contributed by atoms with Gasteiger partial charge in [-0.2, -0.15) is 0 Å². The smallest absolute Gasteiger partial charge is 0.424 e.